The first-order chi connectivity index (χ1) is 14.9. The molecule has 0 atom stereocenters. The van der Waals surface area contributed by atoms with Crippen molar-refractivity contribution in [1.29, 1.82) is 0 Å². The van der Waals surface area contributed by atoms with E-state index < -0.39 is 0 Å². The van der Waals surface area contributed by atoms with Crippen molar-refractivity contribution >= 4 is 34.6 Å². The van der Waals surface area contributed by atoms with Gasteiger partial charge in [0.05, 0.1) is 17.2 Å². The second-order valence-electron chi connectivity index (χ2n) is 7.41. The Morgan fingerprint density at radius 1 is 1.10 bits per heavy atom. The van der Waals surface area contributed by atoms with E-state index in [1.165, 1.54) is 11.8 Å². The van der Waals surface area contributed by atoms with Crippen LogP contribution in [-0.2, 0) is 4.79 Å². The molecule has 1 saturated heterocycles. The van der Waals surface area contributed by atoms with Gasteiger partial charge in [-0.25, -0.2) is 4.99 Å². The second kappa shape index (κ2) is 8.86. The number of hydrogen-bond acceptors (Lipinski definition) is 4. The van der Waals surface area contributed by atoms with Crippen LogP contribution in [0.3, 0.4) is 0 Å². The molecule has 2 heterocycles. The monoisotopic (exact) mass is 431 g/mol. The molecule has 1 aliphatic heterocycles. The molecule has 0 saturated carbocycles. The fourth-order valence-electron chi connectivity index (χ4n) is 3.63. The minimum absolute atomic E-state index is 0.123. The van der Waals surface area contributed by atoms with Gasteiger partial charge in [-0.05, 0) is 99.1 Å². The number of ether oxygens (including phenoxy) is 1. The SMILES string of the molecule is CCOc1ccc(-n2c(C)cc(/C=C3\SC(=Nc4cccc(C)c4)NC3=O)c2C)cc1. The maximum atomic E-state index is 12.5. The average Bonchev–Trinajstić information content (AvgIpc) is 3.21. The third-order valence-corrected chi connectivity index (χ3v) is 5.96. The zero-order valence-electron chi connectivity index (χ0n) is 18.1. The van der Waals surface area contributed by atoms with Crippen LogP contribution >= 0.6 is 11.8 Å². The Kier molecular flexibility index (Phi) is 6.00. The van der Waals surface area contributed by atoms with E-state index in [4.69, 9.17) is 4.74 Å². The lowest BCUT2D eigenvalue weighted by Crippen LogP contribution is -2.19. The summed E-state index contributed by atoms with van der Waals surface area (Å²) < 4.78 is 7.73. The molecule has 0 spiro atoms. The lowest BCUT2D eigenvalue weighted by atomic mass is 10.2. The van der Waals surface area contributed by atoms with E-state index in [9.17, 15) is 4.79 Å². The summed E-state index contributed by atoms with van der Waals surface area (Å²) >= 11 is 1.37. The molecule has 1 amide bonds. The van der Waals surface area contributed by atoms with Crippen molar-refractivity contribution in [2.45, 2.75) is 27.7 Å². The predicted molar refractivity (Wildman–Crippen MR) is 128 cm³/mol. The van der Waals surface area contributed by atoms with E-state index in [1.54, 1.807) is 0 Å². The quantitative estimate of drug-likeness (QED) is 0.528. The molecule has 158 valence electrons. The number of carbonyl (C=O) groups excluding carboxylic acids is 1. The highest BCUT2D eigenvalue weighted by Crippen LogP contribution is 2.31. The molecule has 4 rings (SSSR count). The van der Waals surface area contributed by atoms with Gasteiger partial charge < -0.3 is 14.6 Å². The first-order valence-corrected chi connectivity index (χ1v) is 11.0. The molecule has 2 aromatic carbocycles. The van der Waals surface area contributed by atoms with E-state index in [1.807, 2.05) is 68.5 Å². The molecule has 5 nitrogen and oxygen atoms in total. The Morgan fingerprint density at radius 2 is 1.87 bits per heavy atom. The van der Waals surface area contributed by atoms with Gasteiger partial charge in [0, 0.05) is 17.1 Å². The molecule has 1 N–H and O–H groups in total. The second-order valence-corrected chi connectivity index (χ2v) is 8.44. The number of thioether (sulfide) groups is 1. The van der Waals surface area contributed by atoms with Crippen molar-refractivity contribution in [3.8, 4) is 11.4 Å². The lowest BCUT2D eigenvalue weighted by molar-refractivity contribution is -0.115. The van der Waals surface area contributed by atoms with Crippen LogP contribution in [0.15, 0.2) is 64.5 Å². The highest BCUT2D eigenvalue weighted by Gasteiger charge is 2.24. The van der Waals surface area contributed by atoms with Gasteiger partial charge in [-0.3, -0.25) is 4.79 Å². The van der Waals surface area contributed by atoms with Gasteiger partial charge in [0.25, 0.3) is 5.91 Å². The zero-order valence-corrected chi connectivity index (χ0v) is 18.9. The fourth-order valence-corrected chi connectivity index (χ4v) is 4.46. The molecule has 6 heteroatoms. The van der Waals surface area contributed by atoms with Crippen LogP contribution in [0.5, 0.6) is 5.75 Å². The lowest BCUT2D eigenvalue weighted by Gasteiger charge is -2.11. The number of aromatic nitrogens is 1. The van der Waals surface area contributed by atoms with E-state index in [0.717, 1.165) is 39.6 Å². The molecule has 31 heavy (non-hydrogen) atoms. The van der Waals surface area contributed by atoms with Gasteiger partial charge >= 0.3 is 0 Å². The predicted octanol–water partition coefficient (Wildman–Crippen LogP) is 5.69. The van der Waals surface area contributed by atoms with Crippen LogP contribution in [-0.4, -0.2) is 22.2 Å². The normalized spacial score (nSPS) is 16.2. The van der Waals surface area contributed by atoms with Gasteiger partial charge in [-0.15, -0.1) is 0 Å². The average molecular weight is 432 g/mol. The largest absolute Gasteiger partial charge is 0.494 e. The van der Waals surface area contributed by atoms with E-state index >= 15 is 0 Å². The molecule has 0 unspecified atom stereocenters. The molecule has 0 bridgehead atoms. The van der Waals surface area contributed by atoms with Crippen LogP contribution in [0, 0.1) is 20.8 Å². The van der Waals surface area contributed by atoms with Crippen LogP contribution in [0.1, 0.15) is 29.4 Å². The maximum absolute atomic E-state index is 12.5. The number of carbonyl (C=O) groups is 1. The number of aliphatic imine (C=N–C) groups is 1. The molecule has 0 aliphatic carbocycles. The third-order valence-electron chi connectivity index (χ3n) is 5.05. The molecule has 1 aromatic heterocycles. The van der Waals surface area contributed by atoms with E-state index in [0.29, 0.717) is 16.7 Å². The Bertz CT molecular complexity index is 1190. The standard InChI is InChI=1S/C25H25N3O2S/c1-5-30-22-11-9-21(10-12-22)28-17(3)14-19(18(28)4)15-23-24(29)27-25(31-23)26-20-8-6-7-16(2)13-20/h6-15H,5H2,1-4H3,(H,26,27,29)/b23-15-. The van der Waals surface area contributed by atoms with Gasteiger partial charge in [-0.1, -0.05) is 12.1 Å². The molecule has 1 fully saturated rings. The Hall–Kier alpha value is -3.25. The van der Waals surface area contributed by atoms with Crippen LogP contribution < -0.4 is 10.1 Å². The molecule has 3 aromatic rings. The van der Waals surface area contributed by atoms with E-state index in [-0.39, 0.29) is 5.91 Å². The summed E-state index contributed by atoms with van der Waals surface area (Å²) in [7, 11) is 0. The number of nitrogens with zero attached hydrogens (tertiary/aromatic N) is 2. The molecular weight excluding hydrogens is 406 g/mol. The number of hydrogen-bond donors (Lipinski definition) is 1. The third kappa shape index (κ3) is 4.59. The van der Waals surface area contributed by atoms with Crippen molar-refractivity contribution < 1.29 is 9.53 Å². The summed E-state index contributed by atoms with van der Waals surface area (Å²) in [5.41, 5.74) is 6.22. The number of amidine groups is 1. The molecule has 1 aliphatic rings. The highest BCUT2D eigenvalue weighted by molar-refractivity contribution is 8.18. The van der Waals surface area contributed by atoms with Crippen LogP contribution in [0.2, 0.25) is 0 Å². The van der Waals surface area contributed by atoms with Crippen molar-refractivity contribution in [2.75, 3.05) is 6.61 Å². The Balaban J connectivity index is 1.60. The summed E-state index contributed by atoms with van der Waals surface area (Å²) in [5, 5.41) is 3.47. The first-order valence-electron chi connectivity index (χ1n) is 10.2. The summed E-state index contributed by atoms with van der Waals surface area (Å²) in [6.07, 6.45) is 1.94. The Morgan fingerprint density at radius 3 is 2.58 bits per heavy atom. The molecular formula is C25H25N3O2S. The molecule has 0 radical (unpaired) electrons. The topological polar surface area (TPSA) is 55.6 Å². The van der Waals surface area contributed by atoms with Gasteiger partial charge in [0.1, 0.15) is 5.75 Å². The highest BCUT2D eigenvalue weighted by atomic mass is 32.2. The van der Waals surface area contributed by atoms with Gasteiger partial charge in [-0.2, -0.15) is 0 Å². The van der Waals surface area contributed by atoms with Crippen molar-refractivity contribution in [3.05, 3.63) is 82.0 Å². The smallest absolute Gasteiger partial charge is 0.264 e. The summed E-state index contributed by atoms with van der Waals surface area (Å²) in [6.45, 7) is 8.78. The summed E-state index contributed by atoms with van der Waals surface area (Å²) in [6, 6.07) is 18.1. The number of benzene rings is 2. The van der Waals surface area contributed by atoms with Crippen molar-refractivity contribution in [3.63, 3.8) is 0 Å². The van der Waals surface area contributed by atoms with Crippen molar-refractivity contribution in [1.82, 2.24) is 9.88 Å². The number of rotatable bonds is 5. The maximum Gasteiger partial charge on any atom is 0.264 e. The fraction of sp³-hybridized carbons (Fsp3) is 0.200. The van der Waals surface area contributed by atoms with Gasteiger partial charge in [0.2, 0.25) is 0 Å². The van der Waals surface area contributed by atoms with Crippen molar-refractivity contribution in [2.24, 2.45) is 4.99 Å². The number of amides is 1. The van der Waals surface area contributed by atoms with Crippen LogP contribution in [0.25, 0.3) is 11.8 Å². The summed E-state index contributed by atoms with van der Waals surface area (Å²) in [4.78, 5) is 17.7. The Labute approximate surface area is 186 Å². The first kappa shape index (κ1) is 21.0. The summed E-state index contributed by atoms with van der Waals surface area (Å²) in [5.74, 6) is 0.734. The minimum Gasteiger partial charge on any atom is -0.494 e. The number of aryl methyl sites for hydroxylation is 2. The minimum atomic E-state index is -0.123. The zero-order chi connectivity index (χ0) is 22.0. The van der Waals surface area contributed by atoms with E-state index in [2.05, 4.69) is 34.8 Å². The van der Waals surface area contributed by atoms with Crippen LogP contribution in [0.4, 0.5) is 5.69 Å². The van der Waals surface area contributed by atoms with Gasteiger partial charge in [0.15, 0.2) is 5.17 Å². The number of nitrogens with one attached hydrogen (secondary N) is 1.